The van der Waals surface area contributed by atoms with Crippen molar-refractivity contribution in [2.45, 2.75) is 33.2 Å². The summed E-state index contributed by atoms with van der Waals surface area (Å²) in [6.07, 6.45) is 7.32. The molecule has 0 unspecified atom stereocenters. The molecule has 0 N–H and O–H groups in total. The first-order valence-corrected chi connectivity index (χ1v) is 9.49. The lowest BCUT2D eigenvalue weighted by atomic mass is 9.85. The summed E-state index contributed by atoms with van der Waals surface area (Å²) in [7, 11) is 0. The van der Waals surface area contributed by atoms with Gasteiger partial charge in [0.05, 0.1) is 16.6 Å². The lowest BCUT2D eigenvalue weighted by Gasteiger charge is -2.31. The number of rotatable bonds is 2. The van der Waals surface area contributed by atoms with Crippen molar-refractivity contribution in [2.75, 3.05) is 0 Å². The average molecular weight is 371 g/mol. The Hall–Kier alpha value is -3.28. The second-order valence-corrected chi connectivity index (χ2v) is 8.17. The van der Waals surface area contributed by atoms with Crippen molar-refractivity contribution in [1.29, 1.82) is 0 Å². The fourth-order valence-electron chi connectivity index (χ4n) is 3.84. The summed E-state index contributed by atoms with van der Waals surface area (Å²) in [6, 6.07) is 11.5. The highest BCUT2D eigenvalue weighted by molar-refractivity contribution is 5.83. The standard InChI is InChI=1S/C22H21N5O/c1-22(2)9-8-20-25-17-11-15(6-7-16(17)21(28)27(20)13-22)18-12-26(14-24-18)19-5-3-4-10-23-19/h3-7,10-12,14H,8-9,13H2,1-2H3. The Morgan fingerprint density at radius 1 is 1.11 bits per heavy atom. The van der Waals surface area contributed by atoms with Gasteiger partial charge in [0, 0.05) is 30.9 Å². The number of aromatic nitrogens is 5. The normalized spacial score (nSPS) is 15.5. The van der Waals surface area contributed by atoms with E-state index in [-0.39, 0.29) is 11.0 Å². The van der Waals surface area contributed by atoms with Crippen LogP contribution in [0.5, 0.6) is 0 Å². The van der Waals surface area contributed by atoms with Gasteiger partial charge in [0.1, 0.15) is 18.0 Å². The highest BCUT2D eigenvalue weighted by Crippen LogP contribution is 2.30. The van der Waals surface area contributed by atoms with E-state index in [2.05, 4.69) is 23.8 Å². The van der Waals surface area contributed by atoms with Crippen LogP contribution in [-0.4, -0.2) is 24.1 Å². The maximum atomic E-state index is 13.0. The van der Waals surface area contributed by atoms with E-state index >= 15 is 0 Å². The molecule has 4 heterocycles. The van der Waals surface area contributed by atoms with Crippen LogP contribution in [0, 0.1) is 5.41 Å². The van der Waals surface area contributed by atoms with E-state index in [9.17, 15) is 4.79 Å². The number of fused-ring (bicyclic) bond motifs is 2. The lowest BCUT2D eigenvalue weighted by Crippen LogP contribution is -2.36. The molecule has 1 aliphatic heterocycles. The van der Waals surface area contributed by atoms with Gasteiger partial charge >= 0.3 is 0 Å². The largest absolute Gasteiger partial charge is 0.296 e. The van der Waals surface area contributed by atoms with Crippen molar-refractivity contribution < 1.29 is 0 Å². The second kappa shape index (κ2) is 6.12. The number of nitrogens with zero attached hydrogens (tertiary/aromatic N) is 5. The van der Waals surface area contributed by atoms with Crippen molar-refractivity contribution in [3.8, 4) is 17.1 Å². The first kappa shape index (κ1) is 16.9. The van der Waals surface area contributed by atoms with Gasteiger partial charge < -0.3 is 0 Å². The van der Waals surface area contributed by atoms with Gasteiger partial charge in [-0.15, -0.1) is 0 Å². The molecule has 5 rings (SSSR count). The van der Waals surface area contributed by atoms with Crippen molar-refractivity contribution in [1.82, 2.24) is 24.1 Å². The number of benzene rings is 1. The molecule has 0 saturated carbocycles. The molecule has 0 atom stereocenters. The zero-order valence-corrected chi connectivity index (χ0v) is 16.0. The van der Waals surface area contributed by atoms with Gasteiger partial charge in [-0.25, -0.2) is 15.0 Å². The fourth-order valence-corrected chi connectivity index (χ4v) is 3.84. The minimum absolute atomic E-state index is 0.0540. The number of hydrogen-bond acceptors (Lipinski definition) is 4. The van der Waals surface area contributed by atoms with Gasteiger partial charge in [0.15, 0.2) is 0 Å². The molecule has 3 aromatic heterocycles. The Balaban J connectivity index is 1.58. The monoisotopic (exact) mass is 371 g/mol. The summed E-state index contributed by atoms with van der Waals surface area (Å²) in [5.74, 6) is 1.70. The zero-order valence-electron chi connectivity index (χ0n) is 16.0. The Bertz CT molecular complexity index is 1240. The minimum Gasteiger partial charge on any atom is -0.296 e. The van der Waals surface area contributed by atoms with Crippen LogP contribution in [0.1, 0.15) is 26.1 Å². The van der Waals surface area contributed by atoms with Crippen LogP contribution in [0.25, 0.3) is 28.0 Å². The van der Waals surface area contributed by atoms with Gasteiger partial charge in [-0.1, -0.05) is 26.0 Å². The van der Waals surface area contributed by atoms with E-state index in [1.165, 1.54) is 0 Å². The predicted molar refractivity (Wildman–Crippen MR) is 108 cm³/mol. The molecule has 1 aliphatic rings. The zero-order chi connectivity index (χ0) is 19.3. The van der Waals surface area contributed by atoms with Crippen LogP contribution < -0.4 is 5.56 Å². The molecule has 4 aromatic rings. The topological polar surface area (TPSA) is 65.6 Å². The summed E-state index contributed by atoms with van der Waals surface area (Å²) in [5.41, 5.74) is 2.69. The third kappa shape index (κ3) is 2.81. The summed E-state index contributed by atoms with van der Waals surface area (Å²) in [4.78, 5) is 26.7. The van der Waals surface area contributed by atoms with Crippen LogP contribution in [0.4, 0.5) is 0 Å². The molecule has 0 radical (unpaired) electrons. The number of imidazole rings is 1. The number of hydrogen-bond donors (Lipinski definition) is 0. The number of pyridine rings is 1. The lowest BCUT2D eigenvalue weighted by molar-refractivity contribution is 0.240. The summed E-state index contributed by atoms with van der Waals surface area (Å²) < 4.78 is 3.73. The van der Waals surface area contributed by atoms with Crippen molar-refractivity contribution >= 4 is 10.9 Å². The molecule has 140 valence electrons. The van der Waals surface area contributed by atoms with Gasteiger partial charge in [-0.2, -0.15) is 0 Å². The highest BCUT2D eigenvalue weighted by Gasteiger charge is 2.27. The smallest absolute Gasteiger partial charge is 0.261 e. The molecule has 0 amide bonds. The Morgan fingerprint density at radius 3 is 2.82 bits per heavy atom. The molecule has 28 heavy (non-hydrogen) atoms. The first-order valence-electron chi connectivity index (χ1n) is 9.49. The molecule has 0 saturated heterocycles. The Labute approximate surface area is 162 Å². The van der Waals surface area contributed by atoms with Crippen molar-refractivity contribution in [2.24, 2.45) is 5.41 Å². The van der Waals surface area contributed by atoms with Crippen molar-refractivity contribution in [3.05, 3.63) is 71.3 Å². The van der Waals surface area contributed by atoms with Crippen LogP contribution in [0.3, 0.4) is 0 Å². The van der Waals surface area contributed by atoms with E-state index in [1.54, 1.807) is 12.5 Å². The fraction of sp³-hybridized carbons (Fsp3) is 0.273. The Morgan fingerprint density at radius 2 is 2.00 bits per heavy atom. The predicted octanol–water partition coefficient (Wildman–Crippen LogP) is 3.62. The second-order valence-electron chi connectivity index (χ2n) is 8.17. The molecule has 0 aliphatic carbocycles. The minimum atomic E-state index is 0.0540. The van der Waals surface area contributed by atoms with E-state index < -0.39 is 0 Å². The van der Waals surface area contributed by atoms with Crippen molar-refractivity contribution in [3.63, 3.8) is 0 Å². The quantitative estimate of drug-likeness (QED) is 0.540. The Kier molecular flexibility index (Phi) is 3.69. The third-order valence-corrected chi connectivity index (χ3v) is 5.44. The summed E-state index contributed by atoms with van der Waals surface area (Å²) in [6.45, 7) is 5.13. The SMILES string of the molecule is CC1(C)CCc2nc3cc(-c4cn(-c5ccccn5)cn4)ccc3c(=O)n2C1. The molecule has 6 nitrogen and oxygen atoms in total. The average Bonchev–Trinajstić information content (AvgIpc) is 3.19. The van der Waals surface area contributed by atoms with Crippen LogP contribution in [0.2, 0.25) is 0 Å². The van der Waals surface area contributed by atoms with Gasteiger partial charge in [0.2, 0.25) is 0 Å². The van der Waals surface area contributed by atoms with Gasteiger partial charge in [-0.3, -0.25) is 13.9 Å². The highest BCUT2D eigenvalue weighted by atomic mass is 16.1. The van der Waals surface area contributed by atoms with Crippen LogP contribution in [-0.2, 0) is 13.0 Å². The van der Waals surface area contributed by atoms with E-state index in [0.717, 1.165) is 47.8 Å². The molecule has 1 aromatic carbocycles. The maximum Gasteiger partial charge on any atom is 0.261 e. The maximum absolute atomic E-state index is 13.0. The third-order valence-electron chi connectivity index (χ3n) is 5.44. The number of aryl methyl sites for hydroxylation is 1. The van der Waals surface area contributed by atoms with Gasteiger partial charge in [0.25, 0.3) is 5.56 Å². The van der Waals surface area contributed by atoms with Gasteiger partial charge in [-0.05, 0) is 36.1 Å². The molecule has 0 spiro atoms. The summed E-state index contributed by atoms with van der Waals surface area (Å²) in [5, 5.41) is 0.661. The molecule has 6 heteroatoms. The van der Waals surface area contributed by atoms with Crippen LogP contribution >= 0.6 is 0 Å². The van der Waals surface area contributed by atoms with E-state index in [4.69, 9.17) is 4.98 Å². The molecule has 0 fully saturated rings. The van der Waals surface area contributed by atoms with E-state index in [0.29, 0.717) is 5.39 Å². The van der Waals surface area contributed by atoms with Crippen LogP contribution in [0.15, 0.2) is 59.9 Å². The first-order chi connectivity index (χ1) is 13.5. The summed E-state index contributed by atoms with van der Waals surface area (Å²) >= 11 is 0. The molecular formula is C22H21N5O. The molecule has 0 bridgehead atoms. The van der Waals surface area contributed by atoms with E-state index in [1.807, 2.05) is 51.7 Å². The molecular weight excluding hydrogens is 350 g/mol.